The van der Waals surface area contributed by atoms with Gasteiger partial charge in [0.25, 0.3) is 5.88 Å². The minimum Gasteiger partial charge on any atom is -0.481 e. The van der Waals surface area contributed by atoms with Crippen molar-refractivity contribution in [3.63, 3.8) is 0 Å². The van der Waals surface area contributed by atoms with Crippen molar-refractivity contribution in [1.29, 1.82) is 0 Å². The second kappa shape index (κ2) is 11.8. The number of nitrogens with two attached hydrogens (primary N) is 1. The van der Waals surface area contributed by atoms with Crippen LogP contribution in [-0.2, 0) is 25.6 Å². The largest absolute Gasteiger partial charge is 0.481 e. The van der Waals surface area contributed by atoms with Crippen molar-refractivity contribution >= 4 is 23.9 Å². The van der Waals surface area contributed by atoms with Crippen LogP contribution in [0.2, 0.25) is 0 Å². The van der Waals surface area contributed by atoms with E-state index >= 15 is 0 Å². The van der Waals surface area contributed by atoms with Gasteiger partial charge in [0.05, 0.1) is 12.0 Å². The van der Waals surface area contributed by atoms with Gasteiger partial charge in [0.1, 0.15) is 17.8 Å². The van der Waals surface area contributed by atoms with Crippen LogP contribution < -0.4 is 15.8 Å². The normalized spacial score (nSPS) is 20.5. The van der Waals surface area contributed by atoms with E-state index in [9.17, 15) is 19.2 Å². The molecule has 0 amide bonds. The third-order valence-electron chi connectivity index (χ3n) is 4.83. The van der Waals surface area contributed by atoms with Crippen LogP contribution >= 0.6 is 0 Å². The number of rotatable bonds is 10. The monoisotopic (exact) mass is 457 g/mol. The number of carboxylic acid groups (broad SMARTS) is 4. The maximum Gasteiger partial charge on any atom is 0.341 e. The second-order valence-electron chi connectivity index (χ2n) is 7.29. The molecule has 1 saturated heterocycles. The van der Waals surface area contributed by atoms with Gasteiger partial charge in [-0.05, 0) is 24.9 Å². The predicted octanol–water partition coefficient (Wildman–Crippen LogP) is -0.273. The lowest BCUT2D eigenvalue weighted by Crippen LogP contribution is -2.36. The molecular weight excluding hydrogens is 430 g/mol. The van der Waals surface area contributed by atoms with Crippen LogP contribution in [0.5, 0.6) is 5.88 Å². The van der Waals surface area contributed by atoms with Gasteiger partial charge in [-0.3, -0.25) is 14.4 Å². The molecule has 178 valence electrons. The molecule has 1 unspecified atom stereocenters. The Morgan fingerprint density at radius 3 is 2.34 bits per heavy atom. The maximum absolute atomic E-state index is 10.9. The summed E-state index contributed by atoms with van der Waals surface area (Å²) in [5.41, 5.74) is 6.55. The molecule has 2 rings (SSSR count). The van der Waals surface area contributed by atoms with Gasteiger partial charge >= 0.3 is 23.9 Å². The van der Waals surface area contributed by atoms with Crippen LogP contribution in [0.15, 0.2) is 16.7 Å². The van der Waals surface area contributed by atoms with Crippen LogP contribution in [0.1, 0.15) is 24.7 Å². The molecule has 4 atom stereocenters. The van der Waals surface area contributed by atoms with Crippen molar-refractivity contribution < 1.29 is 48.9 Å². The first-order chi connectivity index (χ1) is 14.8. The Balaban J connectivity index is 0.000000323. The van der Waals surface area contributed by atoms with Crippen LogP contribution in [0, 0.1) is 18.8 Å². The number of aliphatic carboxylic acids is 4. The number of carbonyl (C=O) groups is 4. The van der Waals surface area contributed by atoms with E-state index in [2.05, 4.69) is 17.1 Å². The Labute approximate surface area is 182 Å². The van der Waals surface area contributed by atoms with E-state index in [1.165, 1.54) is 0 Å². The summed E-state index contributed by atoms with van der Waals surface area (Å²) in [6.45, 7) is 7.03. The highest BCUT2D eigenvalue weighted by molar-refractivity contribution is 5.76. The topological polar surface area (TPSA) is 223 Å². The number of aryl methyl sites for hydroxylation is 1. The predicted molar refractivity (Wildman–Crippen MR) is 107 cm³/mol. The number of ether oxygens (including phenoxy) is 1. The molecule has 2 heterocycles. The van der Waals surface area contributed by atoms with E-state index in [1.807, 2.05) is 0 Å². The average Bonchev–Trinajstić information content (AvgIpc) is 3.24. The standard InChI is InChI=1S/C10H15NO4.C9H12N2O6/c1-5(2)7-4-11-9(10(14)15)6(7)3-8(12)13;1-4-5(2-6(10)9(14)15)8(11-17-4)16-3-7(12)13/h6-7,9,11H,1,3-4H2,2H3,(H,12,13)(H,14,15);6H,2-3,10H2,1H3,(H,12,13)(H,14,15)/t6-,7+,9-;/m0./s1. The summed E-state index contributed by atoms with van der Waals surface area (Å²) in [7, 11) is 0. The molecule has 7 N–H and O–H groups in total. The zero-order valence-corrected chi connectivity index (χ0v) is 17.6. The number of aromatic nitrogens is 1. The van der Waals surface area contributed by atoms with Crippen molar-refractivity contribution in [3.05, 3.63) is 23.5 Å². The zero-order valence-electron chi connectivity index (χ0n) is 17.6. The molecule has 0 bridgehead atoms. The van der Waals surface area contributed by atoms with E-state index < -0.39 is 48.5 Å². The molecule has 1 aromatic rings. The lowest BCUT2D eigenvalue weighted by molar-refractivity contribution is -0.143. The van der Waals surface area contributed by atoms with E-state index in [4.69, 9.17) is 35.4 Å². The molecule has 32 heavy (non-hydrogen) atoms. The summed E-state index contributed by atoms with van der Waals surface area (Å²) >= 11 is 0. The van der Waals surface area contributed by atoms with E-state index in [-0.39, 0.29) is 24.6 Å². The molecule has 0 radical (unpaired) electrons. The summed E-state index contributed by atoms with van der Waals surface area (Å²) in [5.74, 6) is -4.47. The highest BCUT2D eigenvalue weighted by atomic mass is 16.5. The van der Waals surface area contributed by atoms with E-state index in [0.29, 0.717) is 17.9 Å². The molecule has 1 aliphatic heterocycles. The van der Waals surface area contributed by atoms with Gasteiger partial charge in [-0.25, -0.2) is 4.79 Å². The minimum absolute atomic E-state index is 0.0402. The molecule has 1 aromatic heterocycles. The number of nitrogens with one attached hydrogen (secondary N) is 1. The van der Waals surface area contributed by atoms with Gasteiger partial charge in [-0.2, -0.15) is 0 Å². The molecule has 1 fully saturated rings. The van der Waals surface area contributed by atoms with Gasteiger partial charge in [0.15, 0.2) is 6.61 Å². The first-order valence-corrected chi connectivity index (χ1v) is 9.46. The van der Waals surface area contributed by atoms with E-state index in [1.54, 1.807) is 13.8 Å². The Morgan fingerprint density at radius 1 is 1.25 bits per heavy atom. The van der Waals surface area contributed by atoms with Crippen molar-refractivity contribution in [1.82, 2.24) is 10.5 Å². The molecular formula is C19H27N3O10. The molecule has 0 aliphatic carbocycles. The Bertz CT molecular complexity index is 844. The molecule has 0 aromatic carbocycles. The van der Waals surface area contributed by atoms with Crippen molar-refractivity contribution in [2.24, 2.45) is 17.6 Å². The molecule has 13 heteroatoms. The highest BCUT2D eigenvalue weighted by Crippen LogP contribution is 2.30. The van der Waals surface area contributed by atoms with Crippen molar-refractivity contribution in [3.8, 4) is 5.88 Å². The molecule has 0 saturated carbocycles. The summed E-state index contributed by atoms with van der Waals surface area (Å²) in [4.78, 5) is 42.4. The zero-order chi connectivity index (χ0) is 24.6. The minimum atomic E-state index is -1.17. The number of carboxylic acids is 4. The Morgan fingerprint density at radius 2 is 1.88 bits per heavy atom. The van der Waals surface area contributed by atoms with Gasteiger partial charge in [0.2, 0.25) is 0 Å². The van der Waals surface area contributed by atoms with Gasteiger partial charge in [-0.15, -0.1) is 0 Å². The number of hydrogen-bond acceptors (Lipinski definition) is 9. The Hall–Kier alpha value is -3.45. The molecule has 13 nitrogen and oxygen atoms in total. The van der Waals surface area contributed by atoms with Gasteiger partial charge < -0.3 is 40.7 Å². The third-order valence-corrected chi connectivity index (χ3v) is 4.83. The van der Waals surface area contributed by atoms with Gasteiger partial charge in [-0.1, -0.05) is 12.2 Å². The van der Waals surface area contributed by atoms with Crippen LogP contribution in [0.25, 0.3) is 0 Å². The summed E-state index contributed by atoms with van der Waals surface area (Å²) in [6.07, 6.45) is -0.179. The van der Waals surface area contributed by atoms with Crippen LogP contribution in [-0.4, -0.2) is 74.7 Å². The Kier molecular flexibility index (Phi) is 9.81. The lowest BCUT2D eigenvalue weighted by Gasteiger charge is -2.19. The fraction of sp³-hybridized carbons (Fsp3) is 0.526. The smallest absolute Gasteiger partial charge is 0.341 e. The first-order valence-electron chi connectivity index (χ1n) is 9.46. The van der Waals surface area contributed by atoms with Crippen molar-refractivity contribution in [2.45, 2.75) is 38.8 Å². The fourth-order valence-corrected chi connectivity index (χ4v) is 3.21. The summed E-state index contributed by atoms with van der Waals surface area (Å²) in [5, 5.41) is 41.1. The summed E-state index contributed by atoms with van der Waals surface area (Å²) in [6, 6.07) is -1.90. The SMILES string of the molecule is C=C(C)[C@H]1CN[C@H](C(=O)O)[C@H]1CC(=O)O.Cc1onc(OCC(=O)O)c1CC(N)C(=O)O. The third kappa shape index (κ3) is 7.67. The van der Waals surface area contributed by atoms with E-state index in [0.717, 1.165) is 5.57 Å². The molecule has 1 aliphatic rings. The fourth-order valence-electron chi connectivity index (χ4n) is 3.21. The average molecular weight is 457 g/mol. The lowest BCUT2D eigenvalue weighted by atomic mass is 9.84. The highest BCUT2D eigenvalue weighted by Gasteiger charge is 2.41. The van der Waals surface area contributed by atoms with Crippen molar-refractivity contribution in [2.75, 3.05) is 13.2 Å². The summed E-state index contributed by atoms with van der Waals surface area (Å²) < 4.78 is 9.64. The van der Waals surface area contributed by atoms with Gasteiger partial charge in [0, 0.05) is 18.9 Å². The maximum atomic E-state index is 10.9. The number of hydrogen-bond donors (Lipinski definition) is 6. The quantitative estimate of drug-likeness (QED) is 0.249. The first kappa shape index (κ1) is 26.6. The van der Waals surface area contributed by atoms with Crippen LogP contribution in [0.3, 0.4) is 0 Å². The van der Waals surface area contributed by atoms with Crippen LogP contribution in [0.4, 0.5) is 0 Å². The number of nitrogens with zero attached hydrogens (tertiary/aromatic N) is 1. The molecule has 0 spiro atoms. The second-order valence-corrected chi connectivity index (χ2v) is 7.29.